The molecule has 19 heavy (non-hydrogen) atoms. The van der Waals surface area contributed by atoms with Crippen molar-refractivity contribution in [3.8, 4) is 0 Å². The van der Waals surface area contributed by atoms with E-state index < -0.39 is 6.10 Å². The molecular formula is C13H20N4O2. The van der Waals surface area contributed by atoms with Gasteiger partial charge in [-0.2, -0.15) is 0 Å². The molecule has 2 amide bonds. The highest BCUT2D eigenvalue weighted by Gasteiger charge is 2.24. The molecule has 6 nitrogen and oxygen atoms in total. The number of aliphatic hydroxyl groups excluding tert-OH is 1. The lowest BCUT2D eigenvalue weighted by Crippen LogP contribution is -2.54. The van der Waals surface area contributed by atoms with Gasteiger partial charge in [-0.05, 0) is 30.7 Å². The molecule has 1 aliphatic heterocycles. The van der Waals surface area contributed by atoms with Crippen LogP contribution in [0.25, 0.3) is 0 Å². The minimum Gasteiger partial charge on any atom is -0.391 e. The van der Waals surface area contributed by atoms with Crippen LogP contribution in [0.2, 0.25) is 0 Å². The summed E-state index contributed by atoms with van der Waals surface area (Å²) in [5.41, 5.74) is 7.20. The molecule has 0 radical (unpaired) electrons. The summed E-state index contributed by atoms with van der Waals surface area (Å²) in [5, 5.41) is 18.4. The van der Waals surface area contributed by atoms with Gasteiger partial charge in [0.1, 0.15) is 0 Å². The Bertz CT molecular complexity index is 438. The van der Waals surface area contributed by atoms with Gasteiger partial charge in [0.25, 0.3) is 0 Å². The third-order valence-corrected chi connectivity index (χ3v) is 3.18. The minimum absolute atomic E-state index is 0.258. The van der Waals surface area contributed by atoms with Gasteiger partial charge in [-0.1, -0.05) is 12.1 Å². The van der Waals surface area contributed by atoms with Crippen LogP contribution in [0, 0.1) is 0 Å². The van der Waals surface area contributed by atoms with Crippen LogP contribution >= 0.6 is 0 Å². The van der Waals surface area contributed by atoms with Crippen molar-refractivity contribution in [1.29, 1.82) is 0 Å². The van der Waals surface area contributed by atoms with E-state index in [2.05, 4.69) is 16.0 Å². The quantitative estimate of drug-likeness (QED) is 0.530. The molecule has 1 fully saturated rings. The van der Waals surface area contributed by atoms with Gasteiger partial charge in [-0.15, -0.1) is 0 Å². The topological polar surface area (TPSA) is 99.4 Å². The number of anilines is 1. The first-order valence-corrected chi connectivity index (χ1v) is 6.44. The van der Waals surface area contributed by atoms with E-state index in [0.29, 0.717) is 25.2 Å². The largest absolute Gasteiger partial charge is 0.391 e. The number of benzene rings is 1. The number of aliphatic hydroxyl groups is 1. The maximum Gasteiger partial charge on any atom is 0.319 e. The first kappa shape index (κ1) is 13.8. The third kappa shape index (κ3) is 3.92. The van der Waals surface area contributed by atoms with Crippen LogP contribution in [0.15, 0.2) is 24.3 Å². The molecule has 0 aromatic heterocycles. The van der Waals surface area contributed by atoms with Crippen LogP contribution in [0.4, 0.5) is 10.5 Å². The highest BCUT2D eigenvalue weighted by Crippen LogP contribution is 2.10. The van der Waals surface area contributed by atoms with E-state index in [9.17, 15) is 9.90 Å². The molecular weight excluding hydrogens is 244 g/mol. The summed E-state index contributed by atoms with van der Waals surface area (Å²) >= 11 is 0. The summed E-state index contributed by atoms with van der Waals surface area (Å²) < 4.78 is 0. The molecule has 1 aliphatic rings. The van der Waals surface area contributed by atoms with Gasteiger partial charge in [-0.3, -0.25) is 0 Å². The number of urea groups is 1. The number of rotatable bonds is 3. The van der Waals surface area contributed by atoms with Crippen molar-refractivity contribution in [3.63, 3.8) is 0 Å². The Morgan fingerprint density at radius 2 is 2.37 bits per heavy atom. The SMILES string of the molecule is NCc1cccc(NC(=O)N[C@@H]2CNCC[C@H]2O)c1. The number of hydrogen-bond acceptors (Lipinski definition) is 4. The van der Waals surface area contributed by atoms with Gasteiger partial charge in [0.05, 0.1) is 12.1 Å². The molecule has 1 aromatic rings. The number of nitrogens with one attached hydrogen (secondary N) is 3. The number of nitrogens with two attached hydrogens (primary N) is 1. The Morgan fingerprint density at radius 1 is 1.53 bits per heavy atom. The van der Waals surface area contributed by atoms with Crippen molar-refractivity contribution in [2.45, 2.75) is 25.1 Å². The molecule has 0 spiro atoms. The molecule has 1 saturated heterocycles. The van der Waals surface area contributed by atoms with E-state index in [1.54, 1.807) is 6.07 Å². The normalized spacial score (nSPS) is 22.8. The number of amides is 2. The lowest BCUT2D eigenvalue weighted by atomic mass is 10.0. The summed E-state index contributed by atoms with van der Waals surface area (Å²) in [4.78, 5) is 11.8. The predicted molar refractivity (Wildman–Crippen MR) is 73.8 cm³/mol. The maximum atomic E-state index is 11.8. The van der Waals surface area contributed by atoms with E-state index in [1.807, 2.05) is 18.2 Å². The Balaban J connectivity index is 1.89. The fourth-order valence-electron chi connectivity index (χ4n) is 2.10. The van der Waals surface area contributed by atoms with E-state index in [4.69, 9.17) is 5.73 Å². The Labute approximate surface area is 112 Å². The van der Waals surface area contributed by atoms with Crippen molar-refractivity contribution in [3.05, 3.63) is 29.8 Å². The van der Waals surface area contributed by atoms with E-state index in [0.717, 1.165) is 12.1 Å². The zero-order valence-corrected chi connectivity index (χ0v) is 10.7. The average molecular weight is 264 g/mol. The molecule has 2 rings (SSSR count). The standard InChI is InChI=1S/C13H20N4O2/c14-7-9-2-1-3-10(6-9)16-13(19)17-11-8-15-5-4-12(11)18/h1-3,6,11-12,15,18H,4-5,7-8,14H2,(H2,16,17,19)/t11-,12-/m1/s1. The van der Waals surface area contributed by atoms with Crippen LogP contribution in [0.3, 0.4) is 0 Å². The summed E-state index contributed by atoms with van der Waals surface area (Å²) in [6, 6.07) is 6.80. The smallest absolute Gasteiger partial charge is 0.319 e. The lowest BCUT2D eigenvalue weighted by Gasteiger charge is -2.29. The number of carbonyl (C=O) groups is 1. The van der Waals surface area contributed by atoms with Gasteiger partial charge in [-0.25, -0.2) is 4.79 Å². The van der Waals surface area contributed by atoms with Crippen LogP contribution < -0.4 is 21.7 Å². The second kappa shape index (κ2) is 6.51. The molecule has 6 N–H and O–H groups in total. The molecule has 2 atom stereocenters. The maximum absolute atomic E-state index is 11.8. The monoisotopic (exact) mass is 264 g/mol. The van der Waals surface area contributed by atoms with E-state index in [1.165, 1.54) is 0 Å². The van der Waals surface area contributed by atoms with E-state index in [-0.39, 0.29) is 12.1 Å². The van der Waals surface area contributed by atoms with Crippen molar-refractivity contribution >= 4 is 11.7 Å². The van der Waals surface area contributed by atoms with Gasteiger partial charge in [0, 0.05) is 18.8 Å². The molecule has 6 heteroatoms. The van der Waals surface area contributed by atoms with Crippen molar-refractivity contribution in [2.24, 2.45) is 5.73 Å². The van der Waals surface area contributed by atoms with Crippen LogP contribution in [0.5, 0.6) is 0 Å². The highest BCUT2D eigenvalue weighted by molar-refractivity contribution is 5.89. The molecule has 0 bridgehead atoms. The second-order valence-corrected chi connectivity index (χ2v) is 4.67. The average Bonchev–Trinajstić information content (AvgIpc) is 2.41. The Kier molecular flexibility index (Phi) is 4.73. The van der Waals surface area contributed by atoms with Gasteiger partial charge >= 0.3 is 6.03 Å². The zero-order valence-electron chi connectivity index (χ0n) is 10.7. The summed E-state index contributed by atoms with van der Waals surface area (Å²) in [5.74, 6) is 0. The summed E-state index contributed by atoms with van der Waals surface area (Å²) in [7, 11) is 0. The van der Waals surface area contributed by atoms with Crippen molar-refractivity contribution in [1.82, 2.24) is 10.6 Å². The Hall–Kier alpha value is -1.63. The van der Waals surface area contributed by atoms with Crippen molar-refractivity contribution < 1.29 is 9.90 Å². The molecule has 1 heterocycles. The number of piperidine rings is 1. The summed E-state index contributed by atoms with van der Waals surface area (Å²) in [6.07, 6.45) is 0.149. The molecule has 0 aliphatic carbocycles. The fraction of sp³-hybridized carbons (Fsp3) is 0.462. The van der Waals surface area contributed by atoms with E-state index >= 15 is 0 Å². The Morgan fingerprint density at radius 3 is 3.11 bits per heavy atom. The summed E-state index contributed by atoms with van der Waals surface area (Å²) in [6.45, 7) is 1.79. The number of hydrogen-bond donors (Lipinski definition) is 5. The molecule has 1 aromatic carbocycles. The van der Waals surface area contributed by atoms with Crippen LogP contribution in [-0.4, -0.2) is 36.4 Å². The van der Waals surface area contributed by atoms with Gasteiger partial charge < -0.3 is 26.8 Å². The molecule has 0 unspecified atom stereocenters. The first-order chi connectivity index (χ1) is 9.19. The lowest BCUT2D eigenvalue weighted by molar-refractivity contribution is 0.103. The highest BCUT2D eigenvalue weighted by atomic mass is 16.3. The number of carbonyl (C=O) groups excluding carboxylic acids is 1. The van der Waals surface area contributed by atoms with Crippen molar-refractivity contribution in [2.75, 3.05) is 18.4 Å². The molecule has 104 valence electrons. The first-order valence-electron chi connectivity index (χ1n) is 6.44. The van der Waals surface area contributed by atoms with Crippen LogP contribution in [0.1, 0.15) is 12.0 Å². The third-order valence-electron chi connectivity index (χ3n) is 3.18. The van der Waals surface area contributed by atoms with Gasteiger partial charge in [0.2, 0.25) is 0 Å². The zero-order chi connectivity index (χ0) is 13.7. The van der Waals surface area contributed by atoms with Crippen LogP contribution in [-0.2, 0) is 6.54 Å². The predicted octanol–water partition coefficient (Wildman–Crippen LogP) is -0.0104. The van der Waals surface area contributed by atoms with Gasteiger partial charge in [0.15, 0.2) is 0 Å². The fourth-order valence-corrected chi connectivity index (χ4v) is 2.10. The second-order valence-electron chi connectivity index (χ2n) is 4.67. The molecule has 0 saturated carbocycles. The minimum atomic E-state index is -0.498.